The van der Waals surface area contributed by atoms with Gasteiger partial charge in [-0.3, -0.25) is 4.99 Å². The Balaban J connectivity index is 1.18. The third kappa shape index (κ3) is 12.2. The van der Waals surface area contributed by atoms with Crippen LogP contribution in [0.25, 0.3) is 34.3 Å². The lowest BCUT2D eigenvalue weighted by Gasteiger charge is -2.25. The van der Waals surface area contributed by atoms with Crippen LogP contribution in [0.2, 0.25) is 0 Å². The van der Waals surface area contributed by atoms with E-state index in [0.29, 0.717) is 5.84 Å². The number of aryl methyl sites for hydroxylation is 4. The Morgan fingerprint density at radius 2 is 1.47 bits per heavy atom. The highest BCUT2D eigenvalue weighted by atomic mass is 15.4. The molecule has 70 heavy (non-hydrogen) atoms. The molecule has 0 radical (unpaired) electrons. The van der Waals surface area contributed by atoms with Gasteiger partial charge in [0.2, 0.25) is 0 Å². The Bertz CT molecular complexity index is 3050. The first-order valence-corrected chi connectivity index (χ1v) is 24.8. The van der Waals surface area contributed by atoms with Crippen molar-refractivity contribution in [1.29, 1.82) is 0 Å². The highest BCUT2D eigenvalue weighted by molar-refractivity contribution is 6.12. The fourth-order valence-corrected chi connectivity index (χ4v) is 8.67. The minimum absolute atomic E-state index is 0.0625. The van der Waals surface area contributed by atoms with Gasteiger partial charge in [0.15, 0.2) is 17.5 Å². The van der Waals surface area contributed by atoms with Crippen molar-refractivity contribution in [1.82, 2.24) is 14.8 Å². The molecule has 0 spiro atoms. The van der Waals surface area contributed by atoms with Gasteiger partial charge in [-0.2, -0.15) is 0 Å². The highest BCUT2D eigenvalue weighted by Gasteiger charge is 2.32. The maximum atomic E-state index is 5.29. The summed E-state index contributed by atoms with van der Waals surface area (Å²) >= 11 is 0. The Hall–Kier alpha value is -7.50. The zero-order chi connectivity index (χ0) is 49.6. The SMILES string of the molecule is C/C=C/C=C\C=C(/C)C(C)N=C(N=C(C)c1ccccc1C)c1ccc(C(/C=C/c2cc(C3=CCC(C)(c4nc(-c5ccccc5C)n(-c5ccccc5C)n4)C=C3)ccc2CCC)=C/C=C/C)cc1. The van der Waals surface area contributed by atoms with E-state index in [2.05, 4.69) is 238 Å². The molecule has 2 unspecified atom stereocenters. The Morgan fingerprint density at radius 1 is 0.771 bits per heavy atom. The number of aliphatic imine (C=N–C) groups is 2. The van der Waals surface area contributed by atoms with Crippen molar-refractivity contribution >= 4 is 28.8 Å². The van der Waals surface area contributed by atoms with Crippen molar-refractivity contribution in [3.05, 3.63) is 250 Å². The average Bonchev–Trinajstić information content (AvgIpc) is 3.82. The molecule has 2 atom stereocenters. The van der Waals surface area contributed by atoms with E-state index >= 15 is 0 Å². The molecule has 0 N–H and O–H groups in total. The number of rotatable bonds is 16. The third-order valence-electron chi connectivity index (χ3n) is 13.2. The van der Waals surface area contributed by atoms with Gasteiger partial charge in [0.05, 0.1) is 17.1 Å². The number of benzene rings is 5. The third-order valence-corrected chi connectivity index (χ3v) is 13.2. The molecule has 1 heterocycles. The Morgan fingerprint density at radius 3 is 2.16 bits per heavy atom. The molecule has 1 aliphatic rings. The number of para-hydroxylation sites is 1. The van der Waals surface area contributed by atoms with Crippen LogP contribution in [0.4, 0.5) is 0 Å². The van der Waals surface area contributed by atoms with Crippen molar-refractivity contribution in [3.63, 3.8) is 0 Å². The zero-order valence-electron chi connectivity index (χ0n) is 42.9. The average molecular weight is 920 g/mol. The minimum atomic E-state index is -0.377. The second kappa shape index (κ2) is 23.7. The van der Waals surface area contributed by atoms with Gasteiger partial charge >= 0.3 is 0 Å². The van der Waals surface area contributed by atoms with Crippen LogP contribution in [-0.2, 0) is 11.8 Å². The van der Waals surface area contributed by atoms with E-state index in [-0.39, 0.29) is 11.5 Å². The second-order valence-electron chi connectivity index (χ2n) is 18.6. The molecule has 0 amide bonds. The lowest BCUT2D eigenvalue weighted by Crippen LogP contribution is -2.22. The number of allylic oxidation sites excluding steroid dienone is 14. The van der Waals surface area contributed by atoms with Gasteiger partial charge in [0.1, 0.15) is 0 Å². The number of hydrogen-bond acceptors (Lipinski definition) is 3. The molecule has 5 nitrogen and oxygen atoms in total. The number of aromatic nitrogens is 3. The smallest absolute Gasteiger partial charge is 0.163 e. The van der Waals surface area contributed by atoms with Gasteiger partial charge < -0.3 is 0 Å². The molecule has 0 bridgehead atoms. The quantitative estimate of drug-likeness (QED) is 0.0552. The van der Waals surface area contributed by atoms with E-state index in [1.54, 1.807) is 0 Å². The fraction of sp³-hybridized carbons (Fsp3) is 0.231. The lowest BCUT2D eigenvalue weighted by molar-refractivity contribution is 0.555. The molecular weight excluding hydrogens is 851 g/mol. The topological polar surface area (TPSA) is 55.4 Å². The fourth-order valence-electron chi connectivity index (χ4n) is 8.67. The first-order valence-electron chi connectivity index (χ1n) is 24.8. The van der Waals surface area contributed by atoms with E-state index < -0.39 is 0 Å². The molecule has 1 aliphatic carbocycles. The number of nitrogens with zero attached hydrogens (tertiary/aromatic N) is 5. The maximum absolute atomic E-state index is 5.29. The molecule has 5 heteroatoms. The maximum Gasteiger partial charge on any atom is 0.163 e. The van der Waals surface area contributed by atoms with Crippen LogP contribution in [-0.4, -0.2) is 32.4 Å². The van der Waals surface area contributed by atoms with E-state index in [9.17, 15) is 0 Å². The second-order valence-corrected chi connectivity index (χ2v) is 18.6. The van der Waals surface area contributed by atoms with E-state index in [1.165, 1.54) is 33.4 Å². The molecule has 0 saturated heterocycles. The monoisotopic (exact) mass is 920 g/mol. The summed E-state index contributed by atoms with van der Waals surface area (Å²) < 4.78 is 2.03. The van der Waals surface area contributed by atoms with Gasteiger partial charge in [0.25, 0.3) is 0 Å². The van der Waals surface area contributed by atoms with Crippen molar-refractivity contribution in [2.45, 2.75) is 100.0 Å². The summed E-state index contributed by atoms with van der Waals surface area (Å²) in [7, 11) is 0. The molecule has 0 saturated carbocycles. The molecule has 5 aromatic carbocycles. The molecule has 1 aromatic heterocycles. The van der Waals surface area contributed by atoms with Crippen molar-refractivity contribution in [3.8, 4) is 17.1 Å². The highest BCUT2D eigenvalue weighted by Crippen LogP contribution is 2.38. The van der Waals surface area contributed by atoms with Gasteiger partial charge in [0, 0.05) is 16.8 Å². The summed E-state index contributed by atoms with van der Waals surface area (Å²) in [4.78, 5) is 15.7. The normalized spacial score (nSPS) is 16.6. The van der Waals surface area contributed by atoms with E-state index in [0.717, 1.165) is 81.3 Å². The van der Waals surface area contributed by atoms with Crippen LogP contribution >= 0.6 is 0 Å². The summed E-state index contributed by atoms with van der Waals surface area (Å²) in [6.45, 7) is 21.3. The van der Waals surface area contributed by atoms with Crippen LogP contribution in [0.3, 0.4) is 0 Å². The van der Waals surface area contributed by atoms with Crippen molar-refractivity contribution < 1.29 is 0 Å². The molecule has 6 aromatic rings. The number of amidine groups is 1. The van der Waals surface area contributed by atoms with Crippen molar-refractivity contribution in [2.75, 3.05) is 0 Å². The van der Waals surface area contributed by atoms with Crippen LogP contribution in [0.1, 0.15) is 117 Å². The van der Waals surface area contributed by atoms with Crippen LogP contribution in [0.15, 0.2) is 204 Å². The van der Waals surface area contributed by atoms with Crippen molar-refractivity contribution in [2.24, 2.45) is 9.98 Å². The first kappa shape index (κ1) is 50.4. The Labute approximate surface area is 418 Å². The predicted molar refractivity (Wildman–Crippen MR) is 301 cm³/mol. The lowest BCUT2D eigenvalue weighted by atomic mass is 9.80. The summed E-state index contributed by atoms with van der Waals surface area (Å²) in [5.74, 6) is 2.39. The number of hydrogen-bond donors (Lipinski definition) is 0. The van der Waals surface area contributed by atoms with Gasteiger partial charge in [-0.15, -0.1) is 5.10 Å². The summed E-state index contributed by atoms with van der Waals surface area (Å²) in [5.41, 5.74) is 16.6. The molecule has 0 fully saturated rings. The van der Waals surface area contributed by atoms with Crippen LogP contribution in [0, 0.1) is 20.8 Å². The predicted octanol–water partition coefficient (Wildman–Crippen LogP) is 16.5. The summed E-state index contributed by atoms with van der Waals surface area (Å²) in [5, 5.41) is 5.24. The standard InChI is InChI=1S/C65H69N5/c1-11-14-16-17-25-46(4)50(8)66-62(67-51(9)59-30-21-18-26-47(59)5)56-37-33-54(34-38-56)53(29-15-12-2)36-40-57-45-58(39-35-52(57)24-13-3)55-41-43-65(10,44-42-55)64-68-63(60-31-22-19-27-48(60)6)70(69-64)61-32-23-20-28-49(61)7/h11-12,14-23,25-43,45,50H,13,24,44H2,1-10H3/b14-11+,15-12+,17-16-,40-36+,46-25+,53-29+,66-62?,67-51?. The molecular formula is C65H69N5. The van der Waals surface area contributed by atoms with Gasteiger partial charge in [-0.05, 0) is 149 Å². The van der Waals surface area contributed by atoms with E-state index in [4.69, 9.17) is 20.1 Å². The summed E-state index contributed by atoms with van der Waals surface area (Å²) in [6.07, 6.45) is 31.0. The molecule has 0 aliphatic heterocycles. The van der Waals surface area contributed by atoms with Crippen LogP contribution < -0.4 is 0 Å². The van der Waals surface area contributed by atoms with Gasteiger partial charge in [-0.1, -0.05) is 195 Å². The summed E-state index contributed by atoms with van der Waals surface area (Å²) in [6, 6.07) is 40.8. The minimum Gasteiger partial charge on any atom is -0.259 e. The first-order chi connectivity index (χ1) is 33.9. The largest absolute Gasteiger partial charge is 0.259 e. The van der Waals surface area contributed by atoms with Crippen LogP contribution in [0.5, 0.6) is 0 Å². The van der Waals surface area contributed by atoms with Gasteiger partial charge in [-0.25, -0.2) is 14.7 Å². The molecule has 7 rings (SSSR count). The Kier molecular flexibility index (Phi) is 17.0. The van der Waals surface area contributed by atoms with E-state index in [1.807, 2.05) is 29.8 Å². The molecule has 354 valence electrons. The zero-order valence-corrected chi connectivity index (χ0v) is 42.9.